The van der Waals surface area contributed by atoms with Gasteiger partial charge in [-0.15, -0.1) is 0 Å². The summed E-state index contributed by atoms with van der Waals surface area (Å²) in [5, 5.41) is 14.6. The van der Waals surface area contributed by atoms with Crippen molar-refractivity contribution in [3.05, 3.63) is 41.7 Å². The van der Waals surface area contributed by atoms with Gasteiger partial charge in [0.05, 0.1) is 10.5 Å². The highest BCUT2D eigenvalue weighted by molar-refractivity contribution is 7.99. The maximum absolute atomic E-state index is 11.3. The second-order valence-electron chi connectivity index (χ2n) is 4.09. The van der Waals surface area contributed by atoms with Crippen molar-refractivity contribution in [2.75, 3.05) is 0 Å². The van der Waals surface area contributed by atoms with Crippen LogP contribution in [0, 0.1) is 6.92 Å². The molecule has 7 nitrogen and oxygen atoms in total. The van der Waals surface area contributed by atoms with Gasteiger partial charge in [0.25, 0.3) is 0 Å². The van der Waals surface area contributed by atoms with Crippen LogP contribution in [-0.4, -0.2) is 29.5 Å². The smallest absolute Gasteiger partial charge is 0.336 e. The number of carboxylic acids is 1. The first-order chi connectivity index (χ1) is 9.77. The van der Waals surface area contributed by atoms with E-state index in [2.05, 4.69) is 9.97 Å². The Morgan fingerprint density at radius 1 is 1.33 bits per heavy atom. The molecular weight excluding hydrogens is 314 g/mol. The van der Waals surface area contributed by atoms with Crippen molar-refractivity contribution in [1.82, 2.24) is 9.97 Å². The van der Waals surface area contributed by atoms with Crippen molar-refractivity contribution < 1.29 is 18.3 Å². The number of hydrogen-bond acceptors (Lipinski definition) is 6. The Labute approximate surface area is 125 Å². The van der Waals surface area contributed by atoms with Crippen molar-refractivity contribution in [2.45, 2.75) is 21.9 Å². The van der Waals surface area contributed by atoms with Crippen molar-refractivity contribution in [3.8, 4) is 0 Å². The number of nitrogens with two attached hydrogens (primary N) is 1. The molecule has 0 aliphatic rings. The van der Waals surface area contributed by atoms with Crippen LogP contribution < -0.4 is 5.14 Å². The summed E-state index contributed by atoms with van der Waals surface area (Å²) < 4.78 is 22.6. The molecule has 1 aromatic carbocycles. The minimum absolute atomic E-state index is 0.170. The van der Waals surface area contributed by atoms with Crippen LogP contribution in [0.1, 0.15) is 16.1 Å². The van der Waals surface area contributed by atoms with E-state index in [1.54, 1.807) is 19.2 Å². The van der Waals surface area contributed by atoms with Gasteiger partial charge in [-0.1, -0.05) is 0 Å². The highest BCUT2D eigenvalue weighted by Crippen LogP contribution is 2.29. The van der Waals surface area contributed by atoms with Crippen LogP contribution in [0.5, 0.6) is 0 Å². The Morgan fingerprint density at radius 2 is 2.05 bits per heavy atom. The lowest BCUT2D eigenvalue weighted by molar-refractivity contribution is 0.0693. The SMILES string of the molecule is Cc1ccnc(Sc2ccc(S(N)(=O)=O)cc2C(=O)O)n1. The standard InChI is InChI=1S/C12H11N3O4S2/c1-7-4-5-14-12(15-7)20-10-3-2-8(21(13,18)19)6-9(10)11(16)17/h2-6H,1H3,(H,16,17)(H2,13,18,19). The lowest BCUT2D eigenvalue weighted by atomic mass is 10.2. The van der Waals surface area contributed by atoms with E-state index in [1.165, 1.54) is 12.1 Å². The molecule has 3 N–H and O–H groups in total. The third kappa shape index (κ3) is 3.78. The highest BCUT2D eigenvalue weighted by atomic mass is 32.2. The number of rotatable bonds is 4. The summed E-state index contributed by atoms with van der Waals surface area (Å²) in [5.74, 6) is -1.25. The normalized spacial score (nSPS) is 11.3. The van der Waals surface area contributed by atoms with Gasteiger partial charge in [-0.3, -0.25) is 0 Å². The molecule has 9 heteroatoms. The van der Waals surface area contributed by atoms with Crippen LogP contribution in [0.4, 0.5) is 0 Å². The van der Waals surface area contributed by atoms with Crippen molar-refractivity contribution in [1.29, 1.82) is 0 Å². The number of aromatic carboxylic acids is 1. The van der Waals surface area contributed by atoms with Gasteiger partial charge in [0.1, 0.15) is 0 Å². The molecular formula is C12H11N3O4S2. The first-order valence-corrected chi connectivity index (χ1v) is 8.01. The van der Waals surface area contributed by atoms with Crippen LogP contribution in [0.15, 0.2) is 45.4 Å². The van der Waals surface area contributed by atoms with E-state index in [-0.39, 0.29) is 10.5 Å². The molecule has 2 aromatic rings. The molecule has 1 heterocycles. The average molecular weight is 325 g/mol. The Morgan fingerprint density at radius 3 is 2.62 bits per heavy atom. The van der Waals surface area contributed by atoms with Crippen molar-refractivity contribution >= 4 is 27.8 Å². The lowest BCUT2D eigenvalue weighted by Gasteiger charge is -2.07. The quantitative estimate of drug-likeness (QED) is 0.811. The molecule has 0 unspecified atom stereocenters. The predicted molar refractivity (Wildman–Crippen MR) is 75.7 cm³/mol. The molecule has 0 saturated heterocycles. The van der Waals surface area contributed by atoms with Gasteiger partial charge in [-0.2, -0.15) is 0 Å². The highest BCUT2D eigenvalue weighted by Gasteiger charge is 2.17. The minimum atomic E-state index is -3.96. The summed E-state index contributed by atoms with van der Waals surface area (Å²) >= 11 is 1.04. The molecule has 0 atom stereocenters. The molecule has 21 heavy (non-hydrogen) atoms. The number of hydrogen-bond donors (Lipinski definition) is 2. The fourth-order valence-corrected chi connectivity index (χ4v) is 2.95. The number of benzene rings is 1. The lowest BCUT2D eigenvalue weighted by Crippen LogP contribution is -2.13. The molecule has 0 aliphatic heterocycles. The first-order valence-electron chi connectivity index (χ1n) is 5.65. The topological polar surface area (TPSA) is 123 Å². The summed E-state index contributed by atoms with van der Waals surface area (Å²) in [6, 6.07) is 5.36. The Bertz CT molecular complexity index is 806. The van der Waals surface area contributed by atoms with E-state index in [1.807, 2.05) is 0 Å². The third-order valence-corrected chi connectivity index (χ3v) is 4.35. The fourth-order valence-electron chi connectivity index (χ4n) is 1.52. The van der Waals surface area contributed by atoms with E-state index in [0.29, 0.717) is 10.1 Å². The van der Waals surface area contributed by atoms with Gasteiger partial charge < -0.3 is 5.11 Å². The maximum atomic E-state index is 11.3. The number of nitrogens with zero attached hydrogens (tertiary/aromatic N) is 2. The molecule has 2 rings (SSSR count). The summed E-state index contributed by atoms with van der Waals surface area (Å²) in [4.78, 5) is 19.5. The van der Waals surface area contributed by atoms with Gasteiger partial charge in [0.2, 0.25) is 10.0 Å². The Kier molecular flexibility index (Phi) is 4.26. The Balaban J connectivity index is 2.47. The third-order valence-electron chi connectivity index (χ3n) is 2.48. The van der Waals surface area contributed by atoms with Gasteiger partial charge in [-0.05, 0) is 43.0 Å². The molecule has 0 radical (unpaired) electrons. The van der Waals surface area contributed by atoms with Gasteiger partial charge in [-0.25, -0.2) is 28.3 Å². The van der Waals surface area contributed by atoms with E-state index in [0.717, 1.165) is 23.5 Å². The van der Waals surface area contributed by atoms with Crippen LogP contribution >= 0.6 is 11.8 Å². The second kappa shape index (κ2) is 5.80. The van der Waals surface area contributed by atoms with Crippen LogP contribution in [-0.2, 0) is 10.0 Å². The van der Waals surface area contributed by atoms with Crippen molar-refractivity contribution in [3.63, 3.8) is 0 Å². The van der Waals surface area contributed by atoms with E-state index in [4.69, 9.17) is 5.14 Å². The molecule has 0 aliphatic carbocycles. The van der Waals surface area contributed by atoms with Gasteiger partial charge in [0, 0.05) is 16.8 Å². The number of aromatic nitrogens is 2. The molecule has 0 amide bonds. The minimum Gasteiger partial charge on any atom is -0.478 e. The van der Waals surface area contributed by atoms with E-state index < -0.39 is 16.0 Å². The second-order valence-corrected chi connectivity index (χ2v) is 6.66. The first kappa shape index (κ1) is 15.4. The van der Waals surface area contributed by atoms with Crippen LogP contribution in [0.2, 0.25) is 0 Å². The molecule has 0 bridgehead atoms. The molecule has 110 valence electrons. The maximum Gasteiger partial charge on any atom is 0.336 e. The number of sulfonamides is 1. The van der Waals surface area contributed by atoms with E-state index >= 15 is 0 Å². The number of carboxylic acid groups (broad SMARTS) is 1. The number of primary sulfonamides is 1. The zero-order valence-electron chi connectivity index (χ0n) is 10.8. The average Bonchev–Trinajstić information content (AvgIpc) is 2.37. The van der Waals surface area contributed by atoms with E-state index in [9.17, 15) is 18.3 Å². The number of carbonyl (C=O) groups is 1. The molecule has 0 saturated carbocycles. The predicted octanol–water partition coefficient (Wildman–Crippen LogP) is 1.28. The molecule has 0 spiro atoms. The summed E-state index contributed by atoms with van der Waals surface area (Å²) in [6.07, 6.45) is 1.56. The zero-order chi connectivity index (χ0) is 15.6. The monoisotopic (exact) mass is 325 g/mol. The van der Waals surface area contributed by atoms with Crippen LogP contribution in [0.25, 0.3) is 0 Å². The number of aryl methyl sites for hydroxylation is 1. The molecule has 0 fully saturated rings. The summed E-state index contributed by atoms with van der Waals surface area (Å²) in [6.45, 7) is 1.79. The fraction of sp³-hybridized carbons (Fsp3) is 0.0833. The zero-order valence-corrected chi connectivity index (χ0v) is 12.5. The van der Waals surface area contributed by atoms with Crippen LogP contribution in [0.3, 0.4) is 0 Å². The van der Waals surface area contributed by atoms with Crippen molar-refractivity contribution in [2.24, 2.45) is 5.14 Å². The van der Waals surface area contributed by atoms with Gasteiger partial charge >= 0.3 is 5.97 Å². The summed E-state index contributed by atoms with van der Waals surface area (Å²) in [5.41, 5.74) is 0.571. The molecule has 1 aromatic heterocycles. The summed E-state index contributed by atoms with van der Waals surface area (Å²) in [7, 11) is -3.96. The Hall–Kier alpha value is -1.97. The largest absolute Gasteiger partial charge is 0.478 e. The van der Waals surface area contributed by atoms with Gasteiger partial charge in [0.15, 0.2) is 5.16 Å².